The number of halogens is 1. The number of rotatable bonds is 1. The maximum Gasteiger partial charge on any atom is 0.207 e. The van der Waals surface area contributed by atoms with Crippen molar-refractivity contribution in [2.75, 3.05) is 5.73 Å². The summed E-state index contributed by atoms with van der Waals surface area (Å²) in [5.74, 6) is 0.406. The molecule has 0 bridgehead atoms. The van der Waals surface area contributed by atoms with Gasteiger partial charge in [0.15, 0.2) is 5.65 Å². The second-order valence-electron chi connectivity index (χ2n) is 6.10. The van der Waals surface area contributed by atoms with E-state index in [1.807, 2.05) is 16.7 Å². The van der Waals surface area contributed by atoms with Gasteiger partial charge < -0.3 is 5.73 Å². The lowest BCUT2D eigenvalue weighted by molar-refractivity contribution is 0.590. The number of pyridine rings is 1. The van der Waals surface area contributed by atoms with E-state index in [1.165, 1.54) is 5.56 Å². The summed E-state index contributed by atoms with van der Waals surface area (Å²) in [7, 11) is 0. The van der Waals surface area contributed by atoms with Crippen LogP contribution in [-0.2, 0) is 5.41 Å². The van der Waals surface area contributed by atoms with Crippen LogP contribution in [0.3, 0.4) is 0 Å². The molecule has 21 heavy (non-hydrogen) atoms. The molecular weight excluding hydrogens is 284 g/mol. The molecule has 108 valence electrons. The highest BCUT2D eigenvalue weighted by molar-refractivity contribution is 6.31. The van der Waals surface area contributed by atoms with Crippen LogP contribution in [0.5, 0.6) is 0 Å². The molecular formula is C16H17ClN4. The smallest absolute Gasteiger partial charge is 0.207 e. The van der Waals surface area contributed by atoms with Gasteiger partial charge in [-0.25, -0.2) is 9.97 Å². The highest BCUT2D eigenvalue weighted by atomic mass is 35.5. The van der Waals surface area contributed by atoms with Crippen LogP contribution in [0.15, 0.2) is 36.5 Å². The summed E-state index contributed by atoms with van der Waals surface area (Å²) in [4.78, 5) is 8.65. The predicted octanol–water partition coefficient (Wildman–Crippen LogP) is 3.95. The monoisotopic (exact) mass is 300 g/mol. The highest BCUT2D eigenvalue weighted by Gasteiger charge is 2.15. The van der Waals surface area contributed by atoms with E-state index in [4.69, 9.17) is 17.3 Å². The molecule has 0 aliphatic heterocycles. The Morgan fingerprint density at radius 1 is 1.14 bits per heavy atom. The first kappa shape index (κ1) is 13.9. The van der Waals surface area contributed by atoms with Gasteiger partial charge in [0.2, 0.25) is 5.95 Å². The minimum absolute atomic E-state index is 0.118. The Bertz CT molecular complexity index is 797. The predicted molar refractivity (Wildman–Crippen MR) is 87.0 cm³/mol. The van der Waals surface area contributed by atoms with Crippen molar-refractivity contribution in [1.29, 1.82) is 0 Å². The maximum atomic E-state index is 6.03. The van der Waals surface area contributed by atoms with Gasteiger partial charge in [-0.3, -0.25) is 4.57 Å². The summed E-state index contributed by atoms with van der Waals surface area (Å²) < 4.78 is 1.83. The van der Waals surface area contributed by atoms with Gasteiger partial charge in [-0.05, 0) is 29.2 Å². The largest absolute Gasteiger partial charge is 0.369 e. The van der Waals surface area contributed by atoms with Crippen LogP contribution in [0.4, 0.5) is 5.95 Å². The van der Waals surface area contributed by atoms with E-state index in [-0.39, 0.29) is 5.41 Å². The zero-order valence-electron chi connectivity index (χ0n) is 12.3. The van der Waals surface area contributed by atoms with Crippen LogP contribution >= 0.6 is 11.6 Å². The van der Waals surface area contributed by atoms with Gasteiger partial charge >= 0.3 is 0 Å². The number of imidazole rings is 1. The molecule has 0 fully saturated rings. The van der Waals surface area contributed by atoms with Crippen molar-refractivity contribution >= 4 is 28.7 Å². The van der Waals surface area contributed by atoms with Crippen molar-refractivity contribution in [3.8, 4) is 5.69 Å². The van der Waals surface area contributed by atoms with Gasteiger partial charge in [0.05, 0.1) is 10.7 Å². The van der Waals surface area contributed by atoms with Crippen LogP contribution in [-0.4, -0.2) is 14.5 Å². The SMILES string of the molecule is CC(C)(C)c1ccc(-n2c(N)nc3cc(Cl)cnc32)cc1. The number of aromatic nitrogens is 3. The van der Waals surface area contributed by atoms with Crippen molar-refractivity contribution in [3.05, 3.63) is 47.1 Å². The standard InChI is InChI=1S/C16H17ClN4/c1-16(2,3)10-4-6-12(7-5-10)21-14-13(20-15(21)18)8-11(17)9-19-14/h4-9H,1-3H3,(H2,18,20). The fourth-order valence-corrected chi connectivity index (χ4v) is 2.48. The Morgan fingerprint density at radius 3 is 2.43 bits per heavy atom. The van der Waals surface area contributed by atoms with Crippen LogP contribution < -0.4 is 5.73 Å². The molecule has 0 aliphatic rings. The minimum atomic E-state index is 0.118. The summed E-state index contributed by atoms with van der Waals surface area (Å²) in [6.07, 6.45) is 1.60. The molecule has 4 nitrogen and oxygen atoms in total. The third-order valence-corrected chi connectivity index (χ3v) is 3.69. The fourth-order valence-electron chi connectivity index (χ4n) is 2.32. The van der Waals surface area contributed by atoms with Gasteiger partial charge in [0, 0.05) is 6.20 Å². The van der Waals surface area contributed by atoms with Crippen molar-refractivity contribution in [1.82, 2.24) is 14.5 Å². The Balaban J connectivity index is 2.14. The second-order valence-corrected chi connectivity index (χ2v) is 6.53. The lowest BCUT2D eigenvalue weighted by Gasteiger charge is -2.19. The third kappa shape index (κ3) is 2.47. The van der Waals surface area contributed by atoms with E-state index < -0.39 is 0 Å². The zero-order chi connectivity index (χ0) is 15.2. The molecule has 0 saturated carbocycles. The molecule has 2 heterocycles. The Hall–Kier alpha value is -2.07. The third-order valence-electron chi connectivity index (χ3n) is 3.48. The van der Waals surface area contributed by atoms with E-state index in [0.717, 1.165) is 5.69 Å². The van der Waals surface area contributed by atoms with Gasteiger partial charge in [0.1, 0.15) is 5.52 Å². The molecule has 2 N–H and O–H groups in total. The van der Waals surface area contributed by atoms with E-state index in [1.54, 1.807) is 12.3 Å². The van der Waals surface area contributed by atoms with E-state index in [9.17, 15) is 0 Å². The van der Waals surface area contributed by atoms with Gasteiger partial charge in [0.25, 0.3) is 0 Å². The number of nitrogens with two attached hydrogens (primary N) is 1. The Labute approximate surface area is 128 Å². The number of nitrogens with zero attached hydrogens (tertiary/aromatic N) is 3. The highest BCUT2D eigenvalue weighted by Crippen LogP contribution is 2.26. The second kappa shape index (κ2) is 4.74. The number of benzene rings is 1. The first-order valence-corrected chi connectivity index (χ1v) is 7.14. The van der Waals surface area contributed by atoms with Gasteiger partial charge in [-0.1, -0.05) is 44.5 Å². The molecule has 0 amide bonds. The normalized spacial score (nSPS) is 12.0. The molecule has 2 aromatic heterocycles. The first-order valence-electron chi connectivity index (χ1n) is 6.76. The molecule has 0 spiro atoms. The van der Waals surface area contributed by atoms with Crippen molar-refractivity contribution in [2.45, 2.75) is 26.2 Å². The maximum absolute atomic E-state index is 6.03. The topological polar surface area (TPSA) is 56.7 Å². The summed E-state index contributed by atoms with van der Waals surface area (Å²) in [5.41, 5.74) is 9.76. The molecule has 0 saturated heterocycles. The van der Waals surface area contributed by atoms with E-state index in [2.05, 4.69) is 42.9 Å². The number of nitrogen functional groups attached to an aromatic ring is 1. The summed E-state index contributed by atoms with van der Waals surface area (Å²) in [6.45, 7) is 6.56. The molecule has 0 radical (unpaired) electrons. The quantitative estimate of drug-likeness (QED) is 0.740. The van der Waals surface area contributed by atoms with Crippen molar-refractivity contribution in [3.63, 3.8) is 0 Å². The lowest BCUT2D eigenvalue weighted by atomic mass is 9.87. The molecule has 0 atom stereocenters. The van der Waals surface area contributed by atoms with Crippen LogP contribution in [0.1, 0.15) is 26.3 Å². The van der Waals surface area contributed by atoms with Crippen molar-refractivity contribution in [2.24, 2.45) is 0 Å². The van der Waals surface area contributed by atoms with E-state index in [0.29, 0.717) is 22.1 Å². The average Bonchev–Trinajstić information content (AvgIpc) is 2.73. The molecule has 5 heteroatoms. The fraction of sp³-hybridized carbons (Fsp3) is 0.250. The van der Waals surface area contributed by atoms with Crippen LogP contribution in [0.25, 0.3) is 16.9 Å². The van der Waals surface area contributed by atoms with Crippen LogP contribution in [0.2, 0.25) is 5.02 Å². The minimum Gasteiger partial charge on any atom is -0.369 e. The zero-order valence-corrected chi connectivity index (χ0v) is 13.0. The summed E-state index contributed by atoms with van der Waals surface area (Å²) in [6, 6.07) is 10.1. The molecule has 1 aromatic carbocycles. The average molecular weight is 301 g/mol. The number of anilines is 1. The van der Waals surface area contributed by atoms with Crippen molar-refractivity contribution < 1.29 is 0 Å². The lowest BCUT2D eigenvalue weighted by Crippen LogP contribution is -2.11. The molecule has 3 aromatic rings. The molecule has 0 aliphatic carbocycles. The van der Waals surface area contributed by atoms with Gasteiger partial charge in [-0.2, -0.15) is 0 Å². The first-order chi connectivity index (χ1) is 9.86. The Kier molecular flexibility index (Phi) is 3.14. The van der Waals surface area contributed by atoms with Crippen LogP contribution in [0, 0.1) is 0 Å². The molecule has 3 rings (SSSR count). The summed E-state index contributed by atoms with van der Waals surface area (Å²) >= 11 is 5.94. The Morgan fingerprint density at radius 2 is 1.81 bits per heavy atom. The number of fused-ring (bicyclic) bond motifs is 1. The summed E-state index contributed by atoms with van der Waals surface area (Å²) in [5, 5.41) is 0.551. The molecule has 0 unspecified atom stereocenters. The number of hydrogen-bond acceptors (Lipinski definition) is 3. The van der Waals surface area contributed by atoms with Gasteiger partial charge in [-0.15, -0.1) is 0 Å². The number of hydrogen-bond donors (Lipinski definition) is 1. The van der Waals surface area contributed by atoms with E-state index >= 15 is 0 Å².